The summed E-state index contributed by atoms with van der Waals surface area (Å²) in [6.45, 7) is 0.888. The van der Waals surface area contributed by atoms with Crippen molar-refractivity contribution in [1.82, 2.24) is 0 Å². The van der Waals surface area contributed by atoms with Gasteiger partial charge in [-0.1, -0.05) is 54.6 Å². The summed E-state index contributed by atoms with van der Waals surface area (Å²) in [6, 6.07) is 21.9. The largest absolute Gasteiger partial charge is 0.497 e. The Morgan fingerprint density at radius 3 is 2.44 bits per heavy atom. The summed E-state index contributed by atoms with van der Waals surface area (Å²) in [5, 5.41) is 2.59. The molecule has 0 radical (unpaired) electrons. The van der Waals surface area contributed by atoms with E-state index in [4.69, 9.17) is 4.74 Å². The molecule has 0 aromatic heterocycles. The second-order valence-corrected chi connectivity index (χ2v) is 7.02. The molecule has 5 rings (SSSR count). The molecule has 1 heterocycles. The lowest BCUT2D eigenvalue weighted by atomic mass is 9.86. The Hall–Kier alpha value is -3.26. The van der Waals surface area contributed by atoms with Gasteiger partial charge in [-0.25, -0.2) is 0 Å². The summed E-state index contributed by atoms with van der Waals surface area (Å²) in [6.07, 6.45) is 10.9. The van der Waals surface area contributed by atoms with Gasteiger partial charge in [-0.2, -0.15) is 0 Å². The second kappa shape index (κ2) is 6.48. The fraction of sp³-hybridized carbons (Fsp3) is 0.120. The summed E-state index contributed by atoms with van der Waals surface area (Å²) in [5.74, 6) is 0.885. The van der Waals surface area contributed by atoms with E-state index in [9.17, 15) is 0 Å². The molecule has 1 unspecified atom stereocenters. The van der Waals surface area contributed by atoms with Gasteiger partial charge in [0.05, 0.1) is 13.2 Å². The summed E-state index contributed by atoms with van der Waals surface area (Å²) in [7, 11) is 1.71. The van der Waals surface area contributed by atoms with Crippen molar-refractivity contribution >= 4 is 22.0 Å². The Kier molecular flexibility index (Phi) is 3.83. The van der Waals surface area contributed by atoms with Crippen LogP contribution in [0.5, 0.6) is 5.75 Å². The van der Waals surface area contributed by atoms with Crippen molar-refractivity contribution in [3.05, 3.63) is 102 Å². The molecule has 0 spiro atoms. The van der Waals surface area contributed by atoms with Crippen molar-refractivity contribution in [1.29, 1.82) is 0 Å². The fourth-order valence-electron chi connectivity index (χ4n) is 4.11. The molecule has 0 saturated heterocycles. The zero-order valence-electron chi connectivity index (χ0n) is 15.3. The minimum atomic E-state index is 0.224. The zero-order chi connectivity index (χ0) is 18.2. The van der Waals surface area contributed by atoms with E-state index in [-0.39, 0.29) is 6.04 Å². The van der Waals surface area contributed by atoms with Crippen molar-refractivity contribution in [3.8, 4) is 5.75 Å². The minimum Gasteiger partial charge on any atom is -0.497 e. The molecule has 3 aromatic carbocycles. The molecule has 0 bridgehead atoms. The summed E-state index contributed by atoms with van der Waals surface area (Å²) in [4.78, 5) is 2.46. The molecule has 0 amide bonds. The lowest BCUT2D eigenvalue weighted by Crippen LogP contribution is -2.38. The number of methoxy groups -OCH3 is 1. The van der Waals surface area contributed by atoms with Crippen molar-refractivity contribution in [3.63, 3.8) is 0 Å². The molecule has 0 saturated carbocycles. The van der Waals surface area contributed by atoms with Gasteiger partial charge in [0, 0.05) is 12.2 Å². The third kappa shape index (κ3) is 2.74. The van der Waals surface area contributed by atoms with E-state index >= 15 is 0 Å². The van der Waals surface area contributed by atoms with E-state index in [1.54, 1.807) is 7.11 Å². The summed E-state index contributed by atoms with van der Waals surface area (Å²) in [5.41, 5.74) is 5.29. The second-order valence-electron chi connectivity index (χ2n) is 7.02. The van der Waals surface area contributed by atoms with Crippen LogP contribution in [0.4, 0.5) is 5.69 Å². The van der Waals surface area contributed by atoms with Gasteiger partial charge in [0.1, 0.15) is 5.75 Å². The fourth-order valence-corrected chi connectivity index (χ4v) is 4.11. The van der Waals surface area contributed by atoms with Crippen LogP contribution in [0.15, 0.2) is 91.0 Å². The van der Waals surface area contributed by atoms with Gasteiger partial charge in [-0.3, -0.25) is 0 Å². The van der Waals surface area contributed by atoms with E-state index in [1.807, 2.05) is 12.1 Å². The first kappa shape index (κ1) is 16.0. The highest BCUT2D eigenvalue weighted by Gasteiger charge is 2.29. The third-order valence-electron chi connectivity index (χ3n) is 5.47. The van der Waals surface area contributed by atoms with Crippen LogP contribution >= 0.6 is 0 Å². The Morgan fingerprint density at radius 1 is 0.889 bits per heavy atom. The van der Waals surface area contributed by atoms with Gasteiger partial charge in [0.25, 0.3) is 0 Å². The smallest absolute Gasteiger partial charge is 0.119 e. The van der Waals surface area contributed by atoms with E-state index < -0.39 is 0 Å². The molecule has 0 fully saturated rings. The number of nitrogens with zero attached hydrogens (tertiary/aromatic N) is 1. The van der Waals surface area contributed by atoms with Crippen molar-refractivity contribution in [2.75, 3.05) is 12.0 Å². The first-order chi connectivity index (χ1) is 13.3. The number of allylic oxidation sites excluding steroid dienone is 4. The van der Waals surface area contributed by atoms with Crippen LogP contribution in [0, 0.1) is 0 Å². The summed E-state index contributed by atoms with van der Waals surface area (Å²) < 4.78 is 5.33. The number of hydrogen-bond donors (Lipinski definition) is 0. The molecular weight excluding hydrogens is 330 g/mol. The van der Waals surface area contributed by atoms with E-state index in [2.05, 4.69) is 83.8 Å². The van der Waals surface area contributed by atoms with Gasteiger partial charge in [-0.05, 0) is 63.9 Å². The number of ether oxygens (including phenoxy) is 1. The Balaban J connectivity index is 1.67. The maximum absolute atomic E-state index is 5.33. The van der Waals surface area contributed by atoms with Crippen LogP contribution in [-0.2, 0) is 6.54 Å². The monoisotopic (exact) mass is 351 g/mol. The van der Waals surface area contributed by atoms with Crippen LogP contribution in [0.3, 0.4) is 0 Å². The molecule has 0 N–H and O–H groups in total. The molecule has 132 valence electrons. The van der Waals surface area contributed by atoms with Crippen LogP contribution < -0.4 is 9.64 Å². The number of hydrogen-bond acceptors (Lipinski definition) is 2. The third-order valence-corrected chi connectivity index (χ3v) is 5.47. The predicted octanol–water partition coefficient (Wildman–Crippen LogP) is 5.75. The highest BCUT2D eigenvalue weighted by Crippen LogP contribution is 2.39. The normalized spacial score (nSPS) is 17.9. The number of benzene rings is 3. The van der Waals surface area contributed by atoms with Crippen molar-refractivity contribution in [2.24, 2.45) is 0 Å². The molecule has 2 heteroatoms. The highest BCUT2D eigenvalue weighted by atomic mass is 16.5. The van der Waals surface area contributed by atoms with Gasteiger partial charge >= 0.3 is 0 Å². The topological polar surface area (TPSA) is 12.5 Å². The Labute approximate surface area is 159 Å². The molecular formula is C25H21NO. The first-order valence-electron chi connectivity index (χ1n) is 9.31. The van der Waals surface area contributed by atoms with E-state index in [1.165, 1.54) is 33.2 Å². The van der Waals surface area contributed by atoms with Crippen LogP contribution in [0.25, 0.3) is 16.3 Å². The van der Waals surface area contributed by atoms with Gasteiger partial charge in [0.2, 0.25) is 0 Å². The van der Waals surface area contributed by atoms with E-state index in [0.29, 0.717) is 0 Å². The van der Waals surface area contributed by atoms with Crippen LogP contribution in [0.2, 0.25) is 0 Å². The van der Waals surface area contributed by atoms with Crippen LogP contribution in [0.1, 0.15) is 11.1 Å². The molecule has 1 aliphatic heterocycles. The number of anilines is 1. The quantitative estimate of drug-likeness (QED) is 0.583. The molecule has 2 nitrogen and oxygen atoms in total. The van der Waals surface area contributed by atoms with Crippen molar-refractivity contribution in [2.45, 2.75) is 12.6 Å². The first-order valence-corrected chi connectivity index (χ1v) is 9.31. The number of fused-ring (bicyclic) bond motifs is 4. The van der Waals surface area contributed by atoms with E-state index in [0.717, 1.165) is 12.3 Å². The Morgan fingerprint density at radius 2 is 1.67 bits per heavy atom. The lowest BCUT2D eigenvalue weighted by Gasteiger charge is -2.39. The molecule has 1 atom stereocenters. The van der Waals surface area contributed by atoms with Crippen molar-refractivity contribution < 1.29 is 4.74 Å². The standard InChI is InChI=1S/C25H21NO/c1-27-22-13-11-21(12-14-22)26-17-20-15-18-7-5-6-8-19(18)16-24(20)23-9-3-2-4-10-25(23)26/h2-16,25H,17H2,1H3. The maximum atomic E-state index is 5.33. The van der Waals surface area contributed by atoms with Gasteiger partial charge in [-0.15, -0.1) is 0 Å². The molecule has 3 aromatic rings. The average Bonchev–Trinajstić information content (AvgIpc) is 2.98. The summed E-state index contributed by atoms with van der Waals surface area (Å²) >= 11 is 0. The zero-order valence-corrected chi connectivity index (χ0v) is 15.3. The molecule has 27 heavy (non-hydrogen) atoms. The van der Waals surface area contributed by atoms with Crippen LogP contribution in [-0.4, -0.2) is 13.2 Å². The number of rotatable bonds is 2. The maximum Gasteiger partial charge on any atom is 0.119 e. The highest BCUT2D eigenvalue weighted by molar-refractivity contribution is 5.91. The predicted molar refractivity (Wildman–Crippen MR) is 113 cm³/mol. The average molecular weight is 351 g/mol. The molecule has 1 aliphatic carbocycles. The van der Waals surface area contributed by atoms with Gasteiger partial charge in [0.15, 0.2) is 0 Å². The van der Waals surface area contributed by atoms with Gasteiger partial charge < -0.3 is 9.64 Å². The lowest BCUT2D eigenvalue weighted by molar-refractivity contribution is 0.415. The minimum absolute atomic E-state index is 0.224. The molecule has 2 aliphatic rings. The SMILES string of the molecule is COc1ccc(N2Cc3cc4ccccc4cc3C3=CC=CC=CC32)cc1. The Bertz CT molecular complexity index is 1090.